The molecule has 0 amide bonds. The molecule has 8 unspecified atom stereocenters. The molecule has 0 bridgehead atoms. The summed E-state index contributed by atoms with van der Waals surface area (Å²) >= 11 is 0. The van der Waals surface area contributed by atoms with E-state index in [-0.39, 0.29) is 13.2 Å². The van der Waals surface area contributed by atoms with Crippen molar-refractivity contribution < 1.29 is 49.6 Å². The first-order valence-corrected chi connectivity index (χ1v) is 9.25. The van der Waals surface area contributed by atoms with Crippen molar-refractivity contribution in [1.82, 2.24) is 0 Å². The molecular weight excluding hydrogens is 378 g/mol. The molecule has 1 aliphatic heterocycles. The van der Waals surface area contributed by atoms with Crippen LogP contribution in [0.25, 0.3) is 0 Å². The van der Waals surface area contributed by atoms with Gasteiger partial charge in [-0.25, -0.2) is 4.79 Å². The van der Waals surface area contributed by atoms with E-state index in [1.165, 1.54) is 0 Å². The Hall–Kier alpha value is -0.890. The fourth-order valence-corrected chi connectivity index (χ4v) is 3.13. The number of hydrogen-bond donors (Lipinski definition) is 7. The third kappa shape index (κ3) is 6.31. The summed E-state index contributed by atoms with van der Waals surface area (Å²) in [5.74, 6) is -1.38. The van der Waals surface area contributed by atoms with E-state index in [2.05, 4.69) is 0 Å². The predicted octanol–water partition coefficient (Wildman–Crippen LogP) is -2.60. The van der Waals surface area contributed by atoms with Crippen LogP contribution < -0.4 is 5.73 Å². The first kappa shape index (κ1) is 25.1. The molecule has 1 heterocycles. The highest BCUT2D eigenvalue weighted by Crippen LogP contribution is 2.35. The van der Waals surface area contributed by atoms with E-state index in [9.17, 15) is 30.3 Å². The van der Waals surface area contributed by atoms with Gasteiger partial charge in [-0.15, -0.1) is 0 Å². The molecule has 28 heavy (non-hydrogen) atoms. The van der Waals surface area contributed by atoms with Crippen LogP contribution in [0.1, 0.15) is 26.7 Å². The van der Waals surface area contributed by atoms with Crippen molar-refractivity contribution in [2.75, 3.05) is 26.4 Å². The number of aliphatic hydroxyl groups is 5. The SMILES string of the molecule is CCC(C)(CCN)C(OC(CO)C(=O)O)C(O)COC1OCC(O)C(O)C1O. The van der Waals surface area contributed by atoms with Crippen LogP contribution in [-0.4, -0.2) is 106 Å². The topological polar surface area (TPSA) is 192 Å². The number of carbonyl (C=O) groups is 1. The van der Waals surface area contributed by atoms with Crippen LogP contribution in [0.4, 0.5) is 0 Å². The van der Waals surface area contributed by atoms with Gasteiger partial charge in [0.25, 0.3) is 0 Å². The average Bonchev–Trinajstić information content (AvgIpc) is 2.65. The molecule has 0 aromatic heterocycles. The molecule has 0 radical (unpaired) electrons. The fourth-order valence-electron chi connectivity index (χ4n) is 3.13. The van der Waals surface area contributed by atoms with Gasteiger partial charge in [-0.05, 0) is 24.8 Å². The lowest BCUT2D eigenvalue weighted by Gasteiger charge is -2.41. The minimum atomic E-state index is -1.54. The number of carboxylic acids is 1. The van der Waals surface area contributed by atoms with E-state index in [0.29, 0.717) is 12.8 Å². The summed E-state index contributed by atoms with van der Waals surface area (Å²) in [4.78, 5) is 11.2. The molecule has 8 N–H and O–H groups in total. The van der Waals surface area contributed by atoms with Crippen LogP contribution in [0.3, 0.4) is 0 Å². The maximum atomic E-state index is 11.2. The normalized spacial score (nSPS) is 31.0. The molecule has 0 spiro atoms. The molecule has 0 aromatic rings. The third-order valence-electron chi connectivity index (χ3n) is 5.20. The molecular formula is C17H33NO10. The summed E-state index contributed by atoms with van der Waals surface area (Å²) in [6.07, 6.45) is -8.57. The fraction of sp³-hybridized carbons (Fsp3) is 0.941. The molecule has 0 aromatic carbocycles. The second-order valence-corrected chi connectivity index (χ2v) is 7.26. The molecule has 1 rings (SSSR count). The van der Waals surface area contributed by atoms with E-state index < -0.39 is 67.5 Å². The van der Waals surface area contributed by atoms with Crippen molar-refractivity contribution in [3.63, 3.8) is 0 Å². The highest BCUT2D eigenvalue weighted by molar-refractivity contribution is 5.72. The van der Waals surface area contributed by atoms with Crippen molar-refractivity contribution in [3.05, 3.63) is 0 Å². The lowest BCUT2D eigenvalue weighted by molar-refractivity contribution is -0.279. The van der Waals surface area contributed by atoms with Crippen LogP contribution in [0.15, 0.2) is 0 Å². The molecule has 166 valence electrons. The summed E-state index contributed by atoms with van der Waals surface area (Å²) in [5, 5.41) is 58.1. The Morgan fingerprint density at radius 2 is 1.96 bits per heavy atom. The van der Waals surface area contributed by atoms with Crippen LogP contribution >= 0.6 is 0 Å². The predicted molar refractivity (Wildman–Crippen MR) is 95.2 cm³/mol. The summed E-state index contributed by atoms with van der Waals surface area (Å²) < 4.78 is 16.0. The van der Waals surface area contributed by atoms with E-state index in [1.807, 2.05) is 6.92 Å². The van der Waals surface area contributed by atoms with Gasteiger partial charge in [0.15, 0.2) is 12.4 Å². The lowest BCUT2D eigenvalue weighted by atomic mass is 9.76. The molecule has 0 aliphatic carbocycles. The van der Waals surface area contributed by atoms with Gasteiger partial charge in [-0.2, -0.15) is 0 Å². The lowest BCUT2D eigenvalue weighted by Crippen LogP contribution is -2.55. The van der Waals surface area contributed by atoms with Gasteiger partial charge >= 0.3 is 5.97 Å². The minimum absolute atomic E-state index is 0.260. The Balaban J connectivity index is 2.88. The van der Waals surface area contributed by atoms with Crippen LogP contribution in [-0.2, 0) is 19.0 Å². The summed E-state index contributed by atoms with van der Waals surface area (Å²) in [6.45, 7) is 2.42. The zero-order valence-electron chi connectivity index (χ0n) is 16.2. The molecule has 0 saturated carbocycles. The maximum absolute atomic E-state index is 11.2. The van der Waals surface area contributed by atoms with Crippen molar-refractivity contribution in [1.29, 1.82) is 0 Å². The Morgan fingerprint density at radius 1 is 1.32 bits per heavy atom. The highest BCUT2D eigenvalue weighted by Gasteiger charge is 2.43. The largest absolute Gasteiger partial charge is 0.479 e. The summed E-state index contributed by atoms with van der Waals surface area (Å²) in [5.41, 5.74) is 4.93. The standard InChI is InChI=1S/C17H33NO10/c1-3-17(2,4-5-18)14(28-11(6-19)15(24)25)10(21)8-27-16-13(23)12(22)9(20)7-26-16/h9-14,16,19-23H,3-8,18H2,1-2H3,(H,24,25). The van der Waals surface area contributed by atoms with Crippen LogP contribution in [0.2, 0.25) is 0 Å². The Labute approximate surface area is 163 Å². The van der Waals surface area contributed by atoms with Gasteiger partial charge in [-0.1, -0.05) is 13.8 Å². The summed E-state index contributed by atoms with van der Waals surface area (Å²) in [7, 11) is 0. The van der Waals surface area contributed by atoms with Gasteiger partial charge in [0.05, 0.1) is 25.9 Å². The molecule has 1 aliphatic rings. The van der Waals surface area contributed by atoms with Gasteiger partial charge in [-0.3, -0.25) is 0 Å². The highest BCUT2D eigenvalue weighted by atomic mass is 16.7. The molecule has 1 saturated heterocycles. The number of aliphatic carboxylic acids is 1. The van der Waals surface area contributed by atoms with E-state index in [1.54, 1.807) is 6.92 Å². The number of aliphatic hydroxyl groups excluding tert-OH is 5. The quantitative estimate of drug-likeness (QED) is 0.178. The van der Waals surface area contributed by atoms with E-state index in [0.717, 1.165) is 0 Å². The number of ether oxygens (including phenoxy) is 3. The molecule has 8 atom stereocenters. The van der Waals surface area contributed by atoms with Crippen LogP contribution in [0.5, 0.6) is 0 Å². The van der Waals surface area contributed by atoms with E-state index in [4.69, 9.17) is 25.1 Å². The second kappa shape index (κ2) is 11.3. The minimum Gasteiger partial charge on any atom is -0.479 e. The number of carboxylic acid groups (broad SMARTS) is 1. The zero-order valence-corrected chi connectivity index (χ0v) is 16.2. The summed E-state index contributed by atoms with van der Waals surface area (Å²) in [6, 6.07) is 0. The van der Waals surface area contributed by atoms with Crippen LogP contribution in [0, 0.1) is 5.41 Å². The zero-order chi connectivity index (χ0) is 21.5. The molecule has 11 heteroatoms. The first-order valence-electron chi connectivity index (χ1n) is 9.25. The maximum Gasteiger partial charge on any atom is 0.335 e. The Morgan fingerprint density at radius 3 is 2.46 bits per heavy atom. The van der Waals surface area contributed by atoms with Gasteiger partial charge in [0, 0.05) is 0 Å². The second-order valence-electron chi connectivity index (χ2n) is 7.26. The van der Waals surface area contributed by atoms with Crippen molar-refractivity contribution in [2.24, 2.45) is 11.1 Å². The first-order chi connectivity index (χ1) is 13.1. The number of nitrogens with two attached hydrogens (primary N) is 1. The Kier molecular flexibility index (Phi) is 10.2. The molecule has 11 nitrogen and oxygen atoms in total. The van der Waals surface area contributed by atoms with Crippen molar-refractivity contribution in [2.45, 2.75) is 69.6 Å². The van der Waals surface area contributed by atoms with Gasteiger partial charge < -0.3 is 50.6 Å². The van der Waals surface area contributed by atoms with Crippen molar-refractivity contribution >= 4 is 5.97 Å². The van der Waals surface area contributed by atoms with Gasteiger partial charge in [0.1, 0.15) is 24.4 Å². The average molecular weight is 411 g/mol. The number of rotatable bonds is 12. The van der Waals surface area contributed by atoms with Crippen molar-refractivity contribution in [3.8, 4) is 0 Å². The molecule has 1 fully saturated rings. The monoisotopic (exact) mass is 411 g/mol. The number of hydrogen-bond acceptors (Lipinski definition) is 10. The van der Waals surface area contributed by atoms with Gasteiger partial charge in [0.2, 0.25) is 0 Å². The third-order valence-corrected chi connectivity index (χ3v) is 5.20. The van der Waals surface area contributed by atoms with E-state index >= 15 is 0 Å². The Bertz CT molecular complexity index is 481. The smallest absolute Gasteiger partial charge is 0.335 e.